The molecule has 0 aliphatic heterocycles. The molecule has 2 amide bonds. The van der Waals surface area contributed by atoms with Crippen molar-refractivity contribution in [3.05, 3.63) is 51.1 Å². The smallest absolute Gasteiger partial charge is 0.261 e. The van der Waals surface area contributed by atoms with Gasteiger partial charge in [-0.15, -0.1) is 11.3 Å². The summed E-state index contributed by atoms with van der Waals surface area (Å²) < 4.78 is 13.0. The van der Waals surface area contributed by atoms with Gasteiger partial charge in [-0.25, -0.2) is 4.39 Å². The summed E-state index contributed by atoms with van der Waals surface area (Å²) in [5, 5.41) is 14.4. The maximum absolute atomic E-state index is 13.0. The Kier molecular flexibility index (Phi) is 5.70. The lowest BCUT2D eigenvalue weighted by Crippen LogP contribution is -2.26. The van der Waals surface area contributed by atoms with Crippen molar-refractivity contribution in [3.63, 3.8) is 0 Å². The molecule has 2 aromatic rings. The zero-order chi connectivity index (χ0) is 17.0. The molecule has 23 heavy (non-hydrogen) atoms. The van der Waals surface area contributed by atoms with Gasteiger partial charge in [0.25, 0.3) is 11.8 Å². The summed E-state index contributed by atoms with van der Waals surface area (Å²) in [7, 11) is 0. The lowest BCUT2D eigenvalue weighted by atomic mass is 10.2. The monoisotopic (exact) mass is 356 g/mol. The second kappa shape index (κ2) is 7.54. The molecule has 1 heterocycles. The van der Waals surface area contributed by atoms with Crippen molar-refractivity contribution >= 4 is 39.8 Å². The first-order valence-electron chi connectivity index (χ1n) is 6.68. The molecule has 3 N–H and O–H groups in total. The van der Waals surface area contributed by atoms with Gasteiger partial charge in [-0.3, -0.25) is 9.59 Å². The fraction of sp³-hybridized carbons (Fsp3) is 0.200. The molecule has 0 saturated carbocycles. The van der Waals surface area contributed by atoms with Crippen molar-refractivity contribution in [2.45, 2.75) is 6.92 Å². The number of aliphatic hydroxyl groups is 1. The lowest BCUT2D eigenvalue weighted by Gasteiger charge is -2.04. The van der Waals surface area contributed by atoms with Gasteiger partial charge < -0.3 is 15.7 Å². The maximum atomic E-state index is 13.0. The normalized spacial score (nSPS) is 10.4. The standard InChI is InChI=1S/C15H14ClFN2O3S/c1-8-6-12(23-13(8)15(22)18-4-5-20)19-14(21)10-3-2-9(17)7-11(10)16/h2-3,6-7,20H,4-5H2,1H3,(H,18,22)(H,19,21). The number of carbonyl (C=O) groups is 2. The fourth-order valence-corrected chi connectivity index (χ4v) is 3.11. The Morgan fingerprint density at radius 3 is 2.70 bits per heavy atom. The zero-order valence-electron chi connectivity index (χ0n) is 12.2. The van der Waals surface area contributed by atoms with Crippen LogP contribution >= 0.6 is 22.9 Å². The van der Waals surface area contributed by atoms with Gasteiger partial charge in [-0.1, -0.05) is 11.6 Å². The minimum Gasteiger partial charge on any atom is -0.395 e. The third kappa shape index (κ3) is 4.28. The summed E-state index contributed by atoms with van der Waals surface area (Å²) in [5.41, 5.74) is 0.844. The molecular formula is C15H14ClFN2O3S. The highest BCUT2D eigenvalue weighted by atomic mass is 35.5. The summed E-state index contributed by atoms with van der Waals surface area (Å²) in [5.74, 6) is -1.33. The second-order valence-electron chi connectivity index (χ2n) is 4.68. The van der Waals surface area contributed by atoms with E-state index in [0.29, 0.717) is 15.4 Å². The van der Waals surface area contributed by atoms with E-state index in [1.54, 1.807) is 13.0 Å². The minimum atomic E-state index is -0.527. The third-order valence-electron chi connectivity index (χ3n) is 2.93. The number of anilines is 1. The molecule has 0 radical (unpaired) electrons. The summed E-state index contributed by atoms with van der Waals surface area (Å²) in [6.45, 7) is 1.75. The molecule has 5 nitrogen and oxygen atoms in total. The Balaban J connectivity index is 2.14. The number of nitrogens with one attached hydrogen (secondary N) is 2. The van der Waals surface area contributed by atoms with Crippen molar-refractivity contribution in [1.29, 1.82) is 0 Å². The SMILES string of the molecule is Cc1cc(NC(=O)c2ccc(F)cc2Cl)sc1C(=O)NCCO. The molecule has 0 atom stereocenters. The number of benzene rings is 1. The molecule has 2 rings (SSSR count). The van der Waals surface area contributed by atoms with E-state index < -0.39 is 11.7 Å². The van der Waals surface area contributed by atoms with Crippen molar-refractivity contribution in [2.75, 3.05) is 18.5 Å². The molecule has 0 fully saturated rings. The van der Waals surface area contributed by atoms with Crippen LogP contribution in [0.2, 0.25) is 5.02 Å². The molecule has 0 spiro atoms. The summed E-state index contributed by atoms with van der Waals surface area (Å²) in [4.78, 5) is 24.5. The van der Waals surface area contributed by atoms with Gasteiger partial charge in [0.15, 0.2) is 0 Å². The van der Waals surface area contributed by atoms with Gasteiger partial charge in [0.05, 0.1) is 27.1 Å². The number of thiophene rings is 1. The third-order valence-corrected chi connectivity index (χ3v) is 4.40. The summed E-state index contributed by atoms with van der Waals surface area (Å²) >= 11 is 6.96. The quantitative estimate of drug-likeness (QED) is 0.770. The highest BCUT2D eigenvalue weighted by molar-refractivity contribution is 7.18. The van der Waals surface area contributed by atoms with E-state index in [-0.39, 0.29) is 29.6 Å². The zero-order valence-corrected chi connectivity index (χ0v) is 13.7. The molecule has 1 aromatic heterocycles. The van der Waals surface area contributed by atoms with Gasteiger partial charge in [0.2, 0.25) is 0 Å². The average molecular weight is 357 g/mol. The van der Waals surface area contributed by atoms with Crippen molar-refractivity contribution in [3.8, 4) is 0 Å². The maximum Gasteiger partial charge on any atom is 0.261 e. The Labute approximate surface area is 141 Å². The molecule has 0 unspecified atom stereocenters. The molecule has 8 heteroatoms. The molecule has 122 valence electrons. The van der Waals surface area contributed by atoms with E-state index in [1.807, 2.05) is 0 Å². The molecule has 0 bridgehead atoms. The van der Waals surface area contributed by atoms with Crippen LogP contribution in [0.25, 0.3) is 0 Å². The Bertz CT molecular complexity index is 748. The summed E-state index contributed by atoms with van der Waals surface area (Å²) in [6.07, 6.45) is 0. The Morgan fingerprint density at radius 2 is 2.04 bits per heavy atom. The van der Waals surface area contributed by atoms with E-state index in [2.05, 4.69) is 10.6 Å². The van der Waals surface area contributed by atoms with Gasteiger partial charge in [0, 0.05) is 6.54 Å². The first-order chi connectivity index (χ1) is 10.9. The van der Waals surface area contributed by atoms with E-state index >= 15 is 0 Å². The van der Waals surface area contributed by atoms with Gasteiger partial charge in [-0.2, -0.15) is 0 Å². The molecular weight excluding hydrogens is 343 g/mol. The number of aliphatic hydroxyl groups excluding tert-OH is 1. The van der Waals surface area contributed by atoms with E-state index in [1.165, 1.54) is 6.07 Å². The van der Waals surface area contributed by atoms with Crippen LogP contribution in [0.5, 0.6) is 0 Å². The molecule has 0 saturated heterocycles. The fourth-order valence-electron chi connectivity index (χ4n) is 1.87. The topological polar surface area (TPSA) is 78.4 Å². The number of amides is 2. The van der Waals surface area contributed by atoms with E-state index in [0.717, 1.165) is 23.5 Å². The van der Waals surface area contributed by atoms with Gasteiger partial charge >= 0.3 is 0 Å². The predicted molar refractivity (Wildman–Crippen MR) is 87.8 cm³/mol. The number of rotatable bonds is 5. The van der Waals surface area contributed by atoms with Crippen molar-refractivity contribution in [1.82, 2.24) is 5.32 Å². The first-order valence-corrected chi connectivity index (χ1v) is 7.87. The van der Waals surface area contributed by atoms with Crippen LogP contribution in [-0.4, -0.2) is 30.1 Å². The Hall–Kier alpha value is -1.96. The number of hydrogen-bond donors (Lipinski definition) is 3. The highest BCUT2D eigenvalue weighted by Crippen LogP contribution is 2.28. The molecule has 0 aliphatic carbocycles. The number of halogens is 2. The lowest BCUT2D eigenvalue weighted by molar-refractivity contribution is 0.0947. The Morgan fingerprint density at radius 1 is 1.30 bits per heavy atom. The average Bonchev–Trinajstić information content (AvgIpc) is 2.85. The largest absolute Gasteiger partial charge is 0.395 e. The van der Waals surface area contributed by atoms with Gasteiger partial charge in [0.1, 0.15) is 5.82 Å². The number of carbonyl (C=O) groups excluding carboxylic acids is 2. The predicted octanol–water partition coefficient (Wildman–Crippen LogP) is 2.82. The van der Waals surface area contributed by atoms with Crippen molar-refractivity contribution in [2.24, 2.45) is 0 Å². The van der Waals surface area contributed by atoms with Crippen LogP contribution in [0, 0.1) is 12.7 Å². The minimum absolute atomic E-state index is 0.0108. The van der Waals surface area contributed by atoms with Crippen molar-refractivity contribution < 1.29 is 19.1 Å². The van der Waals surface area contributed by atoms with Crippen LogP contribution in [-0.2, 0) is 0 Å². The van der Waals surface area contributed by atoms with Crippen LogP contribution in [0.4, 0.5) is 9.39 Å². The summed E-state index contributed by atoms with van der Waals surface area (Å²) in [6, 6.07) is 5.16. The second-order valence-corrected chi connectivity index (χ2v) is 6.14. The van der Waals surface area contributed by atoms with Crippen LogP contribution < -0.4 is 10.6 Å². The molecule has 1 aromatic carbocycles. The van der Waals surface area contributed by atoms with Crippen LogP contribution in [0.1, 0.15) is 25.6 Å². The van der Waals surface area contributed by atoms with Gasteiger partial charge in [-0.05, 0) is 36.8 Å². The van der Waals surface area contributed by atoms with E-state index in [9.17, 15) is 14.0 Å². The first kappa shape index (κ1) is 17.4. The number of aryl methyl sites for hydroxylation is 1. The highest BCUT2D eigenvalue weighted by Gasteiger charge is 2.16. The molecule has 0 aliphatic rings. The van der Waals surface area contributed by atoms with Crippen LogP contribution in [0.3, 0.4) is 0 Å². The van der Waals surface area contributed by atoms with E-state index in [4.69, 9.17) is 16.7 Å². The van der Waals surface area contributed by atoms with Crippen LogP contribution in [0.15, 0.2) is 24.3 Å². The number of hydrogen-bond acceptors (Lipinski definition) is 4.